The summed E-state index contributed by atoms with van der Waals surface area (Å²) < 4.78 is 16.4. The number of carbonyl (C=O) groups is 1. The number of hydrogen-bond acceptors (Lipinski definition) is 4. The van der Waals surface area contributed by atoms with Gasteiger partial charge in [-0.25, -0.2) is 4.79 Å². The van der Waals surface area contributed by atoms with Gasteiger partial charge < -0.3 is 14.6 Å². The van der Waals surface area contributed by atoms with Crippen LogP contribution in [0, 0.1) is 0 Å². The molecule has 4 nitrogen and oxygen atoms in total. The highest BCUT2D eigenvalue weighted by Gasteiger charge is 2.25. The highest BCUT2D eigenvalue weighted by Crippen LogP contribution is 2.51. The molecule has 0 aliphatic carbocycles. The van der Waals surface area contributed by atoms with Gasteiger partial charge in [0, 0.05) is 27.3 Å². The molecular weight excluding hydrogens is 712 g/mol. The molecule has 1 N–H and O–H groups in total. The molecule has 1 aromatic heterocycles. The van der Waals surface area contributed by atoms with Gasteiger partial charge in [-0.3, -0.25) is 0 Å². The van der Waals surface area contributed by atoms with Crippen molar-refractivity contribution in [1.82, 2.24) is 0 Å². The zero-order valence-corrected chi connectivity index (χ0v) is 27.9. The number of fused-ring (bicyclic) bond motifs is 4. The summed E-state index contributed by atoms with van der Waals surface area (Å²) >= 11 is 9.18. The van der Waals surface area contributed by atoms with E-state index in [0.717, 1.165) is 54.2 Å². The second-order valence-corrected chi connectivity index (χ2v) is 13.5. The van der Waals surface area contributed by atoms with Gasteiger partial charge in [0.15, 0.2) is 6.10 Å². The number of halogens is 2. The maximum Gasteiger partial charge on any atom is 0.345 e. The van der Waals surface area contributed by atoms with Crippen molar-refractivity contribution in [3.8, 4) is 22.6 Å². The zero-order chi connectivity index (χ0) is 30.9. The van der Waals surface area contributed by atoms with E-state index in [1.807, 2.05) is 66.7 Å². The number of ether oxygens (including phenoxy) is 2. The van der Waals surface area contributed by atoms with E-state index in [9.17, 15) is 9.90 Å². The Bertz CT molecular complexity index is 2150. The van der Waals surface area contributed by atoms with Crippen LogP contribution in [0.2, 0.25) is 0 Å². The van der Waals surface area contributed by atoms with Crippen molar-refractivity contribution in [3.05, 3.63) is 141 Å². The van der Waals surface area contributed by atoms with Crippen molar-refractivity contribution in [2.24, 2.45) is 0 Å². The third-order valence-corrected chi connectivity index (χ3v) is 10.2. The number of carboxylic acids is 1. The first kappa shape index (κ1) is 29.5. The highest BCUT2D eigenvalue weighted by atomic mass is 79.9. The summed E-state index contributed by atoms with van der Waals surface area (Å²) in [6, 6.07) is 40.5. The van der Waals surface area contributed by atoms with E-state index >= 15 is 0 Å². The van der Waals surface area contributed by atoms with E-state index in [4.69, 9.17) is 9.47 Å². The van der Waals surface area contributed by atoms with Crippen molar-refractivity contribution in [2.75, 3.05) is 0 Å². The molecule has 7 heteroatoms. The predicted molar refractivity (Wildman–Crippen MR) is 191 cm³/mol. The average Bonchev–Trinajstić information content (AvgIpc) is 3.44. The van der Waals surface area contributed by atoms with E-state index in [1.165, 1.54) is 4.70 Å². The molecule has 0 fully saturated rings. The lowest BCUT2D eigenvalue weighted by atomic mass is 9.92. The lowest BCUT2D eigenvalue weighted by Gasteiger charge is -2.20. The molecule has 1 heterocycles. The number of aliphatic carboxylic acids is 1. The van der Waals surface area contributed by atoms with Crippen LogP contribution in [-0.4, -0.2) is 17.2 Å². The molecule has 7 rings (SSSR count). The Balaban J connectivity index is 1.38. The standard InChI is InChI=1S/C38H26Br2O4S/c39-29-20-25(21-30(40)36(29)44-31(38(41)42)19-23-11-3-1-4-12-23)33-26-15-7-8-16-27(26)35(43-22-24-13-5-2-6-14-24)37-34(33)28-17-9-10-18-32(28)45-37/h1-18,20-21,31H,19,22H2,(H,41,42)/t31-/m1/s1. The first-order chi connectivity index (χ1) is 22.0. The van der Waals surface area contributed by atoms with Crippen LogP contribution in [-0.2, 0) is 17.8 Å². The highest BCUT2D eigenvalue weighted by molar-refractivity contribution is 9.11. The van der Waals surface area contributed by atoms with Crippen LogP contribution < -0.4 is 9.47 Å². The van der Waals surface area contributed by atoms with E-state index < -0.39 is 12.1 Å². The summed E-state index contributed by atoms with van der Waals surface area (Å²) in [5.74, 6) is 0.295. The van der Waals surface area contributed by atoms with Gasteiger partial charge in [-0.15, -0.1) is 11.3 Å². The Labute approximate surface area is 281 Å². The summed E-state index contributed by atoms with van der Waals surface area (Å²) in [6.07, 6.45) is -0.812. The predicted octanol–water partition coefficient (Wildman–Crippen LogP) is 11.1. The number of carboxylic acid groups (broad SMARTS) is 1. The van der Waals surface area contributed by atoms with Gasteiger partial charge in [0.1, 0.15) is 18.1 Å². The third kappa shape index (κ3) is 5.84. The summed E-state index contributed by atoms with van der Waals surface area (Å²) in [7, 11) is 0. The molecule has 0 saturated heterocycles. The SMILES string of the molecule is O=C(O)[C@@H](Cc1ccccc1)Oc1c(Br)cc(-c2c3ccccc3c(OCc3ccccc3)c3sc4ccccc4c23)cc1Br. The number of hydrogen-bond donors (Lipinski definition) is 1. The molecule has 0 bridgehead atoms. The summed E-state index contributed by atoms with van der Waals surface area (Å²) in [5, 5.41) is 14.4. The summed E-state index contributed by atoms with van der Waals surface area (Å²) in [6.45, 7) is 0.463. The lowest BCUT2D eigenvalue weighted by Crippen LogP contribution is -2.29. The van der Waals surface area contributed by atoms with Crippen LogP contribution in [0.5, 0.6) is 11.5 Å². The number of rotatable bonds is 9. The van der Waals surface area contributed by atoms with Gasteiger partial charge in [-0.2, -0.15) is 0 Å². The normalized spacial score (nSPS) is 12.0. The fraction of sp³-hybridized carbons (Fsp3) is 0.0789. The van der Waals surface area contributed by atoms with Gasteiger partial charge in [0.05, 0.1) is 13.6 Å². The van der Waals surface area contributed by atoms with Crippen LogP contribution >= 0.6 is 43.2 Å². The molecule has 222 valence electrons. The molecule has 6 aromatic carbocycles. The van der Waals surface area contributed by atoms with Crippen molar-refractivity contribution >= 4 is 80.1 Å². The van der Waals surface area contributed by atoms with E-state index in [0.29, 0.717) is 21.3 Å². The van der Waals surface area contributed by atoms with Crippen LogP contribution in [0.25, 0.3) is 42.1 Å². The maximum absolute atomic E-state index is 12.2. The quantitative estimate of drug-likeness (QED) is 0.160. The Morgan fingerprint density at radius 1 is 0.711 bits per heavy atom. The molecule has 0 saturated carbocycles. The largest absolute Gasteiger partial charge is 0.487 e. The van der Waals surface area contributed by atoms with E-state index in [2.05, 4.69) is 86.5 Å². The Morgan fingerprint density at radius 2 is 1.29 bits per heavy atom. The molecule has 0 aliphatic rings. The van der Waals surface area contributed by atoms with E-state index in [-0.39, 0.29) is 6.42 Å². The van der Waals surface area contributed by atoms with Crippen molar-refractivity contribution < 1.29 is 19.4 Å². The van der Waals surface area contributed by atoms with Crippen molar-refractivity contribution in [2.45, 2.75) is 19.1 Å². The zero-order valence-electron chi connectivity index (χ0n) is 23.9. The van der Waals surface area contributed by atoms with Crippen LogP contribution in [0.4, 0.5) is 0 Å². The molecule has 0 spiro atoms. The Kier molecular flexibility index (Phi) is 8.32. The molecule has 7 aromatic rings. The molecule has 1 atom stereocenters. The second-order valence-electron chi connectivity index (χ2n) is 10.7. The van der Waals surface area contributed by atoms with Gasteiger partial charge >= 0.3 is 5.97 Å². The Morgan fingerprint density at radius 3 is 1.96 bits per heavy atom. The van der Waals surface area contributed by atoms with Crippen LogP contribution in [0.1, 0.15) is 11.1 Å². The molecule has 0 unspecified atom stereocenters. The van der Waals surface area contributed by atoms with Crippen molar-refractivity contribution in [1.29, 1.82) is 0 Å². The molecule has 45 heavy (non-hydrogen) atoms. The van der Waals surface area contributed by atoms with Gasteiger partial charge in [0.2, 0.25) is 0 Å². The molecule has 0 aliphatic heterocycles. The average molecular weight is 738 g/mol. The minimum Gasteiger partial charge on any atom is -0.487 e. The number of benzene rings is 6. The second kappa shape index (κ2) is 12.7. The van der Waals surface area contributed by atoms with E-state index in [1.54, 1.807) is 11.3 Å². The smallest absolute Gasteiger partial charge is 0.345 e. The van der Waals surface area contributed by atoms with Gasteiger partial charge in [-0.1, -0.05) is 103 Å². The topological polar surface area (TPSA) is 55.8 Å². The first-order valence-corrected chi connectivity index (χ1v) is 16.8. The lowest BCUT2D eigenvalue weighted by molar-refractivity contribution is -0.145. The minimum absolute atomic E-state index is 0.243. The first-order valence-electron chi connectivity index (χ1n) is 14.4. The Hall–Kier alpha value is -4.17. The molecule has 0 amide bonds. The fourth-order valence-corrected chi connectivity index (χ4v) is 8.34. The monoisotopic (exact) mass is 736 g/mol. The summed E-state index contributed by atoms with van der Waals surface area (Å²) in [5.41, 5.74) is 4.05. The minimum atomic E-state index is -1.06. The number of thiophene rings is 1. The van der Waals surface area contributed by atoms with Crippen molar-refractivity contribution in [3.63, 3.8) is 0 Å². The maximum atomic E-state index is 12.2. The summed E-state index contributed by atoms with van der Waals surface area (Å²) in [4.78, 5) is 12.2. The fourth-order valence-electron chi connectivity index (χ4n) is 5.75. The third-order valence-electron chi connectivity index (χ3n) is 7.81. The van der Waals surface area contributed by atoms with Crippen LogP contribution in [0.15, 0.2) is 130 Å². The molecule has 0 radical (unpaired) electrons. The van der Waals surface area contributed by atoms with Gasteiger partial charge in [-0.05, 0) is 77.7 Å². The molecular formula is C38H26Br2O4S. The van der Waals surface area contributed by atoms with Crippen LogP contribution in [0.3, 0.4) is 0 Å². The van der Waals surface area contributed by atoms with Gasteiger partial charge in [0.25, 0.3) is 0 Å².